The van der Waals surface area contributed by atoms with Crippen molar-refractivity contribution in [3.63, 3.8) is 0 Å². The fraction of sp³-hybridized carbons (Fsp3) is 0.440. The van der Waals surface area contributed by atoms with Crippen LogP contribution in [-0.4, -0.2) is 50.5 Å². The van der Waals surface area contributed by atoms with Gasteiger partial charge in [0.2, 0.25) is 0 Å². The summed E-state index contributed by atoms with van der Waals surface area (Å²) in [6, 6.07) is 4.52. The van der Waals surface area contributed by atoms with Crippen LogP contribution in [0.2, 0.25) is 0 Å². The van der Waals surface area contributed by atoms with Crippen molar-refractivity contribution >= 4 is 34.7 Å². The average Bonchev–Trinajstić information content (AvgIpc) is 2.75. The van der Waals surface area contributed by atoms with E-state index < -0.39 is 82.2 Å². The van der Waals surface area contributed by atoms with Gasteiger partial charge in [0.1, 0.15) is 17.5 Å². The molecule has 2 N–H and O–H groups in total. The van der Waals surface area contributed by atoms with Crippen LogP contribution in [0.25, 0.3) is 0 Å². The number of Topliss-reactive ketones (excluding diaryl/α,β-unsaturated/α-hetero) is 5. The monoisotopic (exact) mass is 452 g/mol. The quantitative estimate of drug-likeness (QED) is 0.515. The predicted octanol–water partition coefficient (Wildman–Crippen LogP) is 1.36. The number of phenolic OH excluding ortho intramolecular Hbond substituents is 1. The molecular formula is C25H24O8. The second-order valence-electron chi connectivity index (χ2n) is 9.30. The Kier molecular flexibility index (Phi) is 5.32. The number of fused-ring (bicyclic) bond motifs is 3. The van der Waals surface area contributed by atoms with Crippen LogP contribution in [0.1, 0.15) is 48.5 Å². The molecule has 3 aliphatic rings. The summed E-state index contributed by atoms with van der Waals surface area (Å²) >= 11 is 0. The molecule has 0 aliphatic heterocycles. The fourth-order valence-corrected chi connectivity index (χ4v) is 6.25. The van der Waals surface area contributed by atoms with Gasteiger partial charge in [-0.3, -0.25) is 28.8 Å². The topological polar surface area (TPSA) is 143 Å². The third kappa shape index (κ3) is 3.00. The van der Waals surface area contributed by atoms with Crippen LogP contribution in [0.3, 0.4) is 0 Å². The van der Waals surface area contributed by atoms with Gasteiger partial charge in [0.15, 0.2) is 34.5 Å². The summed E-state index contributed by atoms with van der Waals surface area (Å²) in [5.41, 5.74) is -2.32. The second kappa shape index (κ2) is 7.66. The molecule has 0 spiro atoms. The summed E-state index contributed by atoms with van der Waals surface area (Å²) in [5.74, 6) is -12.0. The average molecular weight is 452 g/mol. The molecule has 7 atom stereocenters. The molecule has 8 heteroatoms. The van der Waals surface area contributed by atoms with E-state index in [0.717, 1.165) is 13.0 Å². The molecule has 4 rings (SSSR count). The molecule has 33 heavy (non-hydrogen) atoms. The van der Waals surface area contributed by atoms with Crippen molar-refractivity contribution in [2.45, 2.75) is 38.2 Å². The molecule has 0 bridgehead atoms. The molecule has 8 nitrogen and oxygen atoms in total. The summed E-state index contributed by atoms with van der Waals surface area (Å²) in [7, 11) is 0. The number of carbonyl (C=O) groups excluding carboxylic acids is 6. The number of ketones is 6. The minimum atomic E-state index is -2.76. The number of aromatic hydroxyl groups is 1. The van der Waals surface area contributed by atoms with E-state index in [9.17, 15) is 39.0 Å². The number of rotatable bonds is 4. The number of aliphatic hydroxyl groups is 1. The Morgan fingerprint density at radius 3 is 2.45 bits per heavy atom. The zero-order valence-corrected chi connectivity index (χ0v) is 18.2. The van der Waals surface area contributed by atoms with Crippen molar-refractivity contribution in [1.82, 2.24) is 0 Å². The predicted molar refractivity (Wildman–Crippen MR) is 113 cm³/mol. The molecule has 0 aromatic heterocycles. The maximum Gasteiger partial charge on any atom is 0.190 e. The highest BCUT2D eigenvalue weighted by Crippen LogP contribution is 2.57. The Balaban J connectivity index is 1.95. The normalized spacial score (nSPS) is 35.4. The van der Waals surface area contributed by atoms with Crippen molar-refractivity contribution in [3.8, 4) is 5.75 Å². The molecule has 0 amide bonds. The smallest absolute Gasteiger partial charge is 0.190 e. The van der Waals surface area contributed by atoms with Gasteiger partial charge in [0, 0.05) is 18.8 Å². The van der Waals surface area contributed by atoms with Gasteiger partial charge in [0.25, 0.3) is 0 Å². The Bertz CT molecular complexity index is 1150. The largest absolute Gasteiger partial charge is 0.507 e. The lowest BCUT2D eigenvalue weighted by atomic mass is 9.47. The van der Waals surface area contributed by atoms with Gasteiger partial charge in [-0.15, -0.1) is 0 Å². The Morgan fingerprint density at radius 2 is 1.85 bits per heavy atom. The summed E-state index contributed by atoms with van der Waals surface area (Å²) in [6.45, 7) is 6.23. The van der Waals surface area contributed by atoms with Gasteiger partial charge >= 0.3 is 0 Å². The third-order valence-electron chi connectivity index (χ3n) is 7.71. The maximum atomic E-state index is 13.7. The summed E-state index contributed by atoms with van der Waals surface area (Å²) in [6.07, 6.45) is 0.400. The molecule has 0 saturated heterocycles. The van der Waals surface area contributed by atoms with E-state index in [4.69, 9.17) is 0 Å². The number of phenols is 1. The number of benzene rings is 1. The Labute approximate surface area is 189 Å². The van der Waals surface area contributed by atoms with Gasteiger partial charge in [-0.1, -0.05) is 25.6 Å². The highest BCUT2D eigenvalue weighted by Gasteiger charge is 2.69. The van der Waals surface area contributed by atoms with E-state index in [1.807, 2.05) is 0 Å². The second-order valence-corrected chi connectivity index (χ2v) is 9.30. The van der Waals surface area contributed by atoms with Crippen LogP contribution in [0.5, 0.6) is 5.75 Å². The highest BCUT2D eigenvalue weighted by molar-refractivity contribution is 6.31. The molecule has 2 fully saturated rings. The van der Waals surface area contributed by atoms with Crippen LogP contribution < -0.4 is 0 Å². The van der Waals surface area contributed by atoms with Crippen LogP contribution >= 0.6 is 0 Å². The molecule has 2 saturated carbocycles. The van der Waals surface area contributed by atoms with E-state index >= 15 is 0 Å². The standard InChI is InChI=1S/C25H24O8/c1-4-12(27)8-14-15-9-17(29)19(11(3)26)23(31)25(15,33)24(32)21-18(14)10(2)13-6-5-7-16(28)20(13)22(21)30/h4-7,10,14-15,18-19,21,28,33H,1,8-9H2,2-3H3/t10-,14+,15+,18-,19?,21?,25+/m0/s1. The van der Waals surface area contributed by atoms with E-state index in [1.165, 1.54) is 6.07 Å². The van der Waals surface area contributed by atoms with Crippen molar-refractivity contribution in [3.05, 3.63) is 42.0 Å². The molecule has 0 radical (unpaired) electrons. The summed E-state index contributed by atoms with van der Waals surface area (Å²) in [4.78, 5) is 77.6. The Hall–Kier alpha value is -3.26. The third-order valence-corrected chi connectivity index (χ3v) is 7.71. The number of hydrogen-bond donors (Lipinski definition) is 2. The summed E-state index contributed by atoms with van der Waals surface area (Å²) < 4.78 is 0. The van der Waals surface area contributed by atoms with Gasteiger partial charge in [-0.2, -0.15) is 0 Å². The molecular weight excluding hydrogens is 428 g/mol. The lowest BCUT2D eigenvalue weighted by Gasteiger charge is -2.54. The van der Waals surface area contributed by atoms with E-state index in [-0.39, 0.29) is 17.7 Å². The molecule has 3 aliphatic carbocycles. The van der Waals surface area contributed by atoms with Crippen LogP contribution in [0, 0.1) is 29.6 Å². The molecule has 1 aromatic carbocycles. The molecule has 172 valence electrons. The first-order chi connectivity index (χ1) is 15.5. The van der Waals surface area contributed by atoms with Crippen LogP contribution in [-0.2, 0) is 24.0 Å². The Morgan fingerprint density at radius 1 is 1.18 bits per heavy atom. The lowest BCUT2D eigenvalue weighted by Crippen LogP contribution is -2.70. The van der Waals surface area contributed by atoms with Crippen molar-refractivity contribution in [2.24, 2.45) is 29.6 Å². The van der Waals surface area contributed by atoms with Gasteiger partial charge in [-0.05, 0) is 42.4 Å². The molecule has 0 heterocycles. The first kappa shape index (κ1) is 22.9. The van der Waals surface area contributed by atoms with Gasteiger partial charge in [0.05, 0.1) is 11.5 Å². The number of hydrogen-bond acceptors (Lipinski definition) is 8. The van der Waals surface area contributed by atoms with Gasteiger partial charge < -0.3 is 10.2 Å². The van der Waals surface area contributed by atoms with Crippen LogP contribution in [0.4, 0.5) is 0 Å². The zero-order chi connectivity index (χ0) is 24.4. The first-order valence-electron chi connectivity index (χ1n) is 10.8. The van der Waals surface area contributed by atoms with Gasteiger partial charge in [-0.25, -0.2) is 0 Å². The number of allylic oxidation sites excluding steroid dienone is 1. The highest BCUT2D eigenvalue weighted by atomic mass is 16.3. The summed E-state index contributed by atoms with van der Waals surface area (Å²) in [5, 5.41) is 21.9. The van der Waals surface area contributed by atoms with Crippen molar-refractivity contribution < 1.29 is 39.0 Å². The van der Waals surface area contributed by atoms with E-state index in [1.54, 1.807) is 19.1 Å². The molecule has 1 aromatic rings. The minimum absolute atomic E-state index is 0.0575. The SMILES string of the molecule is C=CC(=O)C[C@H]1[C@H]2C(C(=O)c3c(O)cccc3[C@@H]2C)C(=O)[C@]2(O)C(=O)C(C(C)=O)C(=O)C[C@H]12. The fourth-order valence-electron chi connectivity index (χ4n) is 6.25. The molecule has 2 unspecified atom stereocenters. The van der Waals surface area contributed by atoms with Crippen LogP contribution in [0.15, 0.2) is 30.9 Å². The maximum absolute atomic E-state index is 13.7. The van der Waals surface area contributed by atoms with Crippen molar-refractivity contribution in [1.29, 1.82) is 0 Å². The zero-order valence-electron chi connectivity index (χ0n) is 18.2. The van der Waals surface area contributed by atoms with E-state index in [2.05, 4.69) is 6.58 Å². The first-order valence-corrected chi connectivity index (χ1v) is 10.8. The van der Waals surface area contributed by atoms with E-state index in [0.29, 0.717) is 5.56 Å². The minimum Gasteiger partial charge on any atom is -0.507 e. The number of carbonyl (C=O) groups is 6. The lowest BCUT2D eigenvalue weighted by molar-refractivity contribution is -0.183. The van der Waals surface area contributed by atoms with Crippen molar-refractivity contribution in [2.75, 3.05) is 0 Å².